The van der Waals surface area contributed by atoms with Crippen LogP contribution >= 0.6 is 11.6 Å². The normalized spacial score (nSPS) is 10.9. The molecule has 2 heterocycles. The maximum absolute atomic E-state index is 11.5. The molecule has 0 spiro atoms. The van der Waals surface area contributed by atoms with Gasteiger partial charge in [-0.3, -0.25) is 9.59 Å². The minimum Gasteiger partial charge on any atom is -0.465 e. The summed E-state index contributed by atoms with van der Waals surface area (Å²) in [4.78, 5) is 23.1. The van der Waals surface area contributed by atoms with Crippen molar-refractivity contribution in [3.63, 3.8) is 0 Å². The molecule has 0 fully saturated rings. The van der Waals surface area contributed by atoms with Crippen LogP contribution in [0.25, 0.3) is 6.08 Å². The Balaban J connectivity index is 1.73. The molecule has 0 atom stereocenters. The molecular formula is C15H15ClN2O3. The van der Waals surface area contributed by atoms with Crippen LogP contribution in [0.1, 0.15) is 12.2 Å². The van der Waals surface area contributed by atoms with Gasteiger partial charge >= 0.3 is 0 Å². The van der Waals surface area contributed by atoms with Crippen molar-refractivity contribution in [3.8, 4) is 0 Å². The van der Waals surface area contributed by atoms with Gasteiger partial charge in [-0.2, -0.15) is 0 Å². The Bertz CT molecular complexity index is 674. The van der Waals surface area contributed by atoms with Crippen LogP contribution in [0.3, 0.4) is 0 Å². The maximum Gasteiger partial charge on any atom is 0.250 e. The fraction of sp³-hybridized carbons (Fsp3) is 0.200. The fourth-order valence-corrected chi connectivity index (χ4v) is 1.92. The summed E-state index contributed by atoms with van der Waals surface area (Å²) in [5.41, 5.74) is -0.108. The van der Waals surface area contributed by atoms with E-state index in [0.29, 0.717) is 30.3 Å². The molecule has 2 aromatic rings. The monoisotopic (exact) mass is 306 g/mol. The standard InChI is InChI=1S/C15H15ClN2O3/c16-12-4-7-15(20)18(11-12)9-2-8-17-14(19)6-5-13-3-1-10-21-13/h1,3-7,10-11H,2,8-9H2,(H,17,19)/b6-5+. The number of pyridine rings is 1. The summed E-state index contributed by atoms with van der Waals surface area (Å²) in [6.07, 6.45) is 6.77. The predicted octanol–water partition coefficient (Wildman–Crippen LogP) is 2.31. The second-order valence-corrected chi connectivity index (χ2v) is 4.81. The lowest BCUT2D eigenvalue weighted by atomic mass is 10.3. The number of rotatable bonds is 6. The molecule has 110 valence electrons. The largest absolute Gasteiger partial charge is 0.465 e. The second-order valence-electron chi connectivity index (χ2n) is 4.37. The predicted molar refractivity (Wildman–Crippen MR) is 81.1 cm³/mol. The van der Waals surface area contributed by atoms with Gasteiger partial charge in [0.1, 0.15) is 5.76 Å². The van der Waals surface area contributed by atoms with E-state index < -0.39 is 0 Å². The fourth-order valence-electron chi connectivity index (χ4n) is 1.74. The maximum atomic E-state index is 11.5. The van der Waals surface area contributed by atoms with Gasteiger partial charge in [0.15, 0.2) is 0 Å². The third kappa shape index (κ3) is 4.96. The molecule has 0 aliphatic rings. The lowest BCUT2D eigenvalue weighted by Gasteiger charge is -2.06. The number of furan rings is 1. The Morgan fingerprint density at radius 1 is 1.38 bits per heavy atom. The molecule has 0 radical (unpaired) electrons. The summed E-state index contributed by atoms with van der Waals surface area (Å²) in [6, 6.07) is 6.49. The summed E-state index contributed by atoms with van der Waals surface area (Å²) in [6.45, 7) is 0.974. The molecule has 6 heteroatoms. The van der Waals surface area contributed by atoms with E-state index in [2.05, 4.69) is 5.32 Å². The van der Waals surface area contributed by atoms with Gasteiger partial charge in [-0.1, -0.05) is 11.6 Å². The number of aryl methyl sites for hydroxylation is 1. The minimum absolute atomic E-state index is 0.108. The lowest BCUT2D eigenvalue weighted by Crippen LogP contribution is -2.25. The highest BCUT2D eigenvalue weighted by molar-refractivity contribution is 6.30. The molecule has 1 amide bonds. The van der Waals surface area contributed by atoms with Crippen LogP contribution in [-0.2, 0) is 11.3 Å². The highest BCUT2D eigenvalue weighted by atomic mass is 35.5. The number of hydrogen-bond acceptors (Lipinski definition) is 3. The van der Waals surface area contributed by atoms with Crippen LogP contribution in [-0.4, -0.2) is 17.0 Å². The van der Waals surface area contributed by atoms with Crippen molar-refractivity contribution in [3.05, 3.63) is 63.9 Å². The van der Waals surface area contributed by atoms with E-state index >= 15 is 0 Å². The van der Waals surface area contributed by atoms with Crippen molar-refractivity contribution in [2.75, 3.05) is 6.54 Å². The van der Waals surface area contributed by atoms with Gasteiger partial charge in [-0.05, 0) is 30.7 Å². The van der Waals surface area contributed by atoms with Gasteiger partial charge in [0.25, 0.3) is 5.56 Å². The first-order valence-corrected chi connectivity index (χ1v) is 6.88. The Morgan fingerprint density at radius 3 is 3.00 bits per heavy atom. The molecule has 0 aromatic carbocycles. The van der Waals surface area contributed by atoms with E-state index in [0.717, 1.165) is 0 Å². The van der Waals surface area contributed by atoms with Crippen LogP contribution in [0.15, 0.2) is 52.0 Å². The van der Waals surface area contributed by atoms with Gasteiger partial charge in [0.2, 0.25) is 5.91 Å². The molecule has 21 heavy (non-hydrogen) atoms. The molecule has 0 saturated heterocycles. The lowest BCUT2D eigenvalue weighted by molar-refractivity contribution is -0.116. The zero-order valence-electron chi connectivity index (χ0n) is 11.3. The smallest absolute Gasteiger partial charge is 0.250 e. The van der Waals surface area contributed by atoms with Crippen molar-refractivity contribution < 1.29 is 9.21 Å². The molecule has 0 bridgehead atoms. The number of nitrogens with one attached hydrogen (secondary N) is 1. The molecule has 0 aliphatic heterocycles. The number of aromatic nitrogens is 1. The molecule has 0 unspecified atom stereocenters. The quantitative estimate of drug-likeness (QED) is 0.658. The number of carbonyl (C=O) groups is 1. The SMILES string of the molecule is O=C(/C=C/c1ccco1)NCCCn1cc(Cl)ccc1=O. The highest BCUT2D eigenvalue weighted by Gasteiger charge is 1.99. The van der Waals surface area contributed by atoms with E-state index in [4.69, 9.17) is 16.0 Å². The number of carbonyl (C=O) groups excluding carboxylic acids is 1. The average Bonchev–Trinajstić information content (AvgIpc) is 2.98. The third-order valence-electron chi connectivity index (χ3n) is 2.76. The Hall–Kier alpha value is -2.27. The molecular weight excluding hydrogens is 292 g/mol. The van der Waals surface area contributed by atoms with Crippen LogP contribution in [0.4, 0.5) is 0 Å². The number of amides is 1. The minimum atomic E-state index is -0.204. The van der Waals surface area contributed by atoms with Crippen LogP contribution < -0.4 is 10.9 Å². The molecule has 2 rings (SSSR count). The number of nitrogens with zero attached hydrogens (tertiary/aromatic N) is 1. The van der Waals surface area contributed by atoms with Crippen LogP contribution in [0, 0.1) is 0 Å². The summed E-state index contributed by atoms with van der Waals surface area (Å²) in [5, 5.41) is 3.25. The first-order valence-electron chi connectivity index (χ1n) is 6.50. The van der Waals surface area contributed by atoms with Crippen molar-refractivity contribution >= 4 is 23.6 Å². The topological polar surface area (TPSA) is 64.2 Å². The van der Waals surface area contributed by atoms with Gasteiger partial charge < -0.3 is 14.3 Å². The first kappa shape index (κ1) is 15.1. The summed E-state index contributed by atoms with van der Waals surface area (Å²) < 4.78 is 6.60. The Morgan fingerprint density at radius 2 is 2.24 bits per heavy atom. The third-order valence-corrected chi connectivity index (χ3v) is 2.99. The van der Waals surface area contributed by atoms with Crippen molar-refractivity contribution in [2.24, 2.45) is 0 Å². The van der Waals surface area contributed by atoms with E-state index in [1.807, 2.05) is 0 Å². The Labute approximate surface area is 126 Å². The zero-order chi connectivity index (χ0) is 15.1. The van der Waals surface area contributed by atoms with Crippen molar-refractivity contribution in [1.82, 2.24) is 9.88 Å². The van der Waals surface area contributed by atoms with Crippen LogP contribution in [0.5, 0.6) is 0 Å². The van der Waals surface area contributed by atoms with E-state index in [-0.39, 0.29) is 11.5 Å². The van der Waals surface area contributed by atoms with Gasteiger partial charge in [0, 0.05) is 31.4 Å². The zero-order valence-corrected chi connectivity index (χ0v) is 12.0. The van der Waals surface area contributed by atoms with E-state index in [1.165, 1.54) is 16.7 Å². The molecule has 5 nitrogen and oxygen atoms in total. The van der Waals surface area contributed by atoms with Crippen molar-refractivity contribution in [2.45, 2.75) is 13.0 Å². The first-order chi connectivity index (χ1) is 10.1. The number of hydrogen-bond donors (Lipinski definition) is 1. The molecule has 1 N–H and O–H groups in total. The van der Waals surface area contributed by atoms with E-state index in [9.17, 15) is 9.59 Å². The molecule has 0 aliphatic carbocycles. The van der Waals surface area contributed by atoms with Gasteiger partial charge in [-0.15, -0.1) is 0 Å². The molecule has 0 saturated carbocycles. The van der Waals surface area contributed by atoms with Gasteiger partial charge in [0.05, 0.1) is 11.3 Å². The van der Waals surface area contributed by atoms with Crippen molar-refractivity contribution in [1.29, 1.82) is 0 Å². The van der Waals surface area contributed by atoms with Gasteiger partial charge in [-0.25, -0.2) is 0 Å². The number of halogens is 1. The molecule has 2 aromatic heterocycles. The average molecular weight is 307 g/mol. The summed E-state index contributed by atoms with van der Waals surface area (Å²) in [5.74, 6) is 0.417. The highest BCUT2D eigenvalue weighted by Crippen LogP contribution is 2.03. The second kappa shape index (κ2) is 7.50. The van der Waals surface area contributed by atoms with E-state index in [1.54, 1.807) is 36.7 Å². The summed E-state index contributed by atoms with van der Waals surface area (Å²) >= 11 is 5.82. The van der Waals surface area contributed by atoms with Crippen LogP contribution in [0.2, 0.25) is 5.02 Å². The summed E-state index contributed by atoms with van der Waals surface area (Å²) in [7, 11) is 0. The Kier molecular flexibility index (Phi) is 5.40.